The average molecular weight is 381 g/mol. The summed E-state index contributed by atoms with van der Waals surface area (Å²) in [5.41, 5.74) is 12.2. The Bertz CT molecular complexity index is 1180. The maximum Gasteiger partial charge on any atom is 0.337 e. The van der Waals surface area contributed by atoms with Crippen molar-refractivity contribution in [1.29, 1.82) is 10.5 Å². The summed E-state index contributed by atoms with van der Waals surface area (Å²) < 4.78 is 4.74. The van der Waals surface area contributed by atoms with Crippen molar-refractivity contribution in [1.82, 2.24) is 0 Å². The van der Waals surface area contributed by atoms with Gasteiger partial charge in [-0.15, -0.1) is 0 Å². The smallest absolute Gasteiger partial charge is 0.337 e. The Hall–Kier alpha value is -4.09. The molecule has 0 amide bonds. The quantitative estimate of drug-likeness (QED) is 0.521. The molecule has 0 radical (unpaired) electrons. The number of carbonyl (C=O) groups excluding carboxylic acids is 1. The van der Waals surface area contributed by atoms with Crippen LogP contribution in [0.25, 0.3) is 22.3 Å². The van der Waals surface area contributed by atoms with Gasteiger partial charge in [0.2, 0.25) is 0 Å². The minimum absolute atomic E-state index is 0.156. The molecule has 3 aromatic carbocycles. The largest absolute Gasteiger partial charge is 0.465 e. The van der Waals surface area contributed by atoms with Crippen molar-refractivity contribution < 1.29 is 9.53 Å². The Morgan fingerprint density at radius 2 is 1.31 bits per heavy atom. The number of hydrogen-bond acceptors (Lipinski definition) is 5. The van der Waals surface area contributed by atoms with Crippen molar-refractivity contribution in [2.24, 2.45) is 0 Å². The standard InChI is InChI=1S/C24H19N3O2/c1-14-4-6-16(7-5-14)21-15(2)22(20(13-26)23(27)19(21)12-25)17-8-10-18(11-9-17)24(28)29-3/h4-11H,27H2,1-3H3. The van der Waals surface area contributed by atoms with E-state index in [1.165, 1.54) is 7.11 Å². The number of rotatable bonds is 3. The molecule has 0 unspecified atom stereocenters. The van der Waals surface area contributed by atoms with E-state index in [9.17, 15) is 15.3 Å². The number of ether oxygens (including phenoxy) is 1. The van der Waals surface area contributed by atoms with Crippen LogP contribution >= 0.6 is 0 Å². The van der Waals surface area contributed by atoms with Gasteiger partial charge in [-0.1, -0.05) is 42.0 Å². The number of methoxy groups -OCH3 is 1. The van der Waals surface area contributed by atoms with Crippen molar-refractivity contribution in [2.75, 3.05) is 12.8 Å². The Morgan fingerprint density at radius 3 is 1.72 bits per heavy atom. The molecule has 0 saturated heterocycles. The molecule has 0 heterocycles. The third kappa shape index (κ3) is 3.42. The number of benzene rings is 3. The van der Waals surface area contributed by atoms with Crippen LogP contribution in [0, 0.1) is 36.5 Å². The van der Waals surface area contributed by atoms with Crippen molar-refractivity contribution in [2.45, 2.75) is 13.8 Å². The zero-order valence-electron chi connectivity index (χ0n) is 16.4. The lowest BCUT2D eigenvalue weighted by molar-refractivity contribution is 0.0601. The second-order valence-electron chi connectivity index (χ2n) is 6.70. The fraction of sp³-hybridized carbons (Fsp3) is 0.125. The Kier molecular flexibility index (Phi) is 5.34. The van der Waals surface area contributed by atoms with Gasteiger partial charge in [-0.05, 0) is 42.7 Å². The van der Waals surface area contributed by atoms with Gasteiger partial charge >= 0.3 is 5.97 Å². The van der Waals surface area contributed by atoms with E-state index in [1.807, 2.05) is 38.1 Å². The molecule has 0 atom stereocenters. The molecule has 0 aliphatic rings. The molecule has 0 fully saturated rings. The highest BCUT2D eigenvalue weighted by molar-refractivity contribution is 5.94. The Labute approximate surface area is 169 Å². The normalized spacial score (nSPS) is 10.1. The van der Waals surface area contributed by atoms with E-state index in [0.717, 1.165) is 22.3 Å². The van der Waals surface area contributed by atoms with Crippen LogP contribution in [0.5, 0.6) is 0 Å². The van der Waals surface area contributed by atoms with Crippen molar-refractivity contribution in [3.05, 3.63) is 76.3 Å². The average Bonchev–Trinajstić information content (AvgIpc) is 2.74. The van der Waals surface area contributed by atoms with Gasteiger partial charge in [-0.3, -0.25) is 0 Å². The molecule has 0 spiro atoms. The zero-order valence-corrected chi connectivity index (χ0v) is 16.4. The number of nitriles is 2. The zero-order chi connectivity index (χ0) is 21.1. The Morgan fingerprint density at radius 1 is 0.862 bits per heavy atom. The molecule has 0 aromatic heterocycles. The molecular weight excluding hydrogens is 362 g/mol. The summed E-state index contributed by atoms with van der Waals surface area (Å²) in [5, 5.41) is 19.5. The molecule has 29 heavy (non-hydrogen) atoms. The Balaban J connectivity index is 2.33. The lowest BCUT2D eigenvalue weighted by atomic mass is 9.84. The number of aryl methyl sites for hydroxylation is 1. The van der Waals surface area contributed by atoms with Crippen LogP contribution in [0.3, 0.4) is 0 Å². The molecule has 2 N–H and O–H groups in total. The molecule has 3 aromatic rings. The number of nitrogen functional groups attached to an aromatic ring is 1. The maximum atomic E-state index is 11.7. The van der Waals surface area contributed by atoms with Crippen LogP contribution in [-0.4, -0.2) is 13.1 Å². The molecule has 0 saturated carbocycles. The van der Waals surface area contributed by atoms with Crippen LogP contribution in [0.4, 0.5) is 5.69 Å². The van der Waals surface area contributed by atoms with Gasteiger partial charge in [0.05, 0.1) is 29.5 Å². The highest BCUT2D eigenvalue weighted by atomic mass is 16.5. The van der Waals surface area contributed by atoms with Gasteiger partial charge in [0.25, 0.3) is 0 Å². The lowest BCUT2D eigenvalue weighted by Crippen LogP contribution is -2.05. The van der Waals surface area contributed by atoms with E-state index in [1.54, 1.807) is 24.3 Å². The number of anilines is 1. The summed E-state index contributed by atoms with van der Waals surface area (Å²) in [6.07, 6.45) is 0. The second-order valence-corrected chi connectivity index (χ2v) is 6.70. The summed E-state index contributed by atoms with van der Waals surface area (Å²) in [5.74, 6) is -0.437. The van der Waals surface area contributed by atoms with E-state index < -0.39 is 5.97 Å². The van der Waals surface area contributed by atoms with E-state index in [-0.39, 0.29) is 16.8 Å². The van der Waals surface area contributed by atoms with Crippen LogP contribution < -0.4 is 5.73 Å². The van der Waals surface area contributed by atoms with Gasteiger partial charge in [0.15, 0.2) is 0 Å². The van der Waals surface area contributed by atoms with Crippen LogP contribution in [0.2, 0.25) is 0 Å². The number of carbonyl (C=O) groups is 1. The second kappa shape index (κ2) is 7.88. The third-order valence-electron chi connectivity index (χ3n) is 4.95. The van der Waals surface area contributed by atoms with Gasteiger partial charge in [-0.2, -0.15) is 10.5 Å². The number of nitrogens with zero attached hydrogens (tertiary/aromatic N) is 2. The van der Waals surface area contributed by atoms with E-state index in [2.05, 4.69) is 12.1 Å². The fourth-order valence-corrected chi connectivity index (χ4v) is 3.46. The van der Waals surface area contributed by atoms with Gasteiger partial charge in [0.1, 0.15) is 12.1 Å². The molecule has 0 aliphatic heterocycles. The topological polar surface area (TPSA) is 99.9 Å². The number of hydrogen-bond donors (Lipinski definition) is 1. The van der Waals surface area contributed by atoms with Crippen LogP contribution in [-0.2, 0) is 4.74 Å². The van der Waals surface area contributed by atoms with Gasteiger partial charge in [0, 0.05) is 11.1 Å². The van der Waals surface area contributed by atoms with Crippen molar-refractivity contribution >= 4 is 11.7 Å². The molecule has 142 valence electrons. The first-order chi connectivity index (χ1) is 13.9. The summed E-state index contributed by atoms with van der Waals surface area (Å²) >= 11 is 0. The first-order valence-electron chi connectivity index (χ1n) is 8.95. The molecule has 0 bridgehead atoms. The summed E-state index contributed by atoms with van der Waals surface area (Å²) in [6.45, 7) is 3.86. The first-order valence-corrected chi connectivity index (χ1v) is 8.95. The molecule has 0 aliphatic carbocycles. The summed E-state index contributed by atoms with van der Waals surface area (Å²) in [7, 11) is 1.32. The predicted octanol–water partition coefficient (Wildman–Crippen LogP) is 4.75. The maximum absolute atomic E-state index is 11.7. The SMILES string of the molecule is COC(=O)c1ccc(-c2c(C)c(-c3ccc(C)cc3)c(C#N)c(N)c2C#N)cc1. The minimum Gasteiger partial charge on any atom is -0.465 e. The summed E-state index contributed by atoms with van der Waals surface area (Å²) in [6, 6.07) is 18.9. The molecule has 5 nitrogen and oxygen atoms in total. The highest BCUT2D eigenvalue weighted by Gasteiger charge is 2.22. The van der Waals surface area contributed by atoms with Gasteiger partial charge < -0.3 is 10.5 Å². The predicted molar refractivity (Wildman–Crippen MR) is 112 cm³/mol. The number of nitrogens with two attached hydrogens (primary N) is 1. The van der Waals surface area contributed by atoms with Crippen molar-refractivity contribution in [3.8, 4) is 34.4 Å². The fourth-order valence-electron chi connectivity index (χ4n) is 3.46. The lowest BCUT2D eigenvalue weighted by Gasteiger charge is -2.18. The molecule has 5 heteroatoms. The first kappa shape index (κ1) is 19.7. The third-order valence-corrected chi connectivity index (χ3v) is 4.95. The monoisotopic (exact) mass is 381 g/mol. The molecule has 3 rings (SSSR count). The minimum atomic E-state index is -0.437. The van der Waals surface area contributed by atoms with E-state index >= 15 is 0 Å². The highest BCUT2D eigenvalue weighted by Crippen LogP contribution is 2.41. The van der Waals surface area contributed by atoms with E-state index in [4.69, 9.17) is 10.5 Å². The van der Waals surface area contributed by atoms with Gasteiger partial charge in [-0.25, -0.2) is 4.79 Å². The van der Waals surface area contributed by atoms with Crippen molar-refractivity contribution in [3.63, 3.8) is 0 Å². The number of esters is 1. The van der Waals surface area contributed by atoms with E-state index in [0.29, 0.717) is 16.7 Å². The summed E-state index contributed by atoms with van der Waals surface area (Å²) in [4.78, 5) is 11.7. The van der Waals surface area contributed by atoms with Crippen LogP contribution in [0.15, 0.2) is 48.5 Å². The molecular formula is C24H19N3O2. The van der Waals surface area contributed by atoms with Crippen LogP contribution in [0.1, 0.15) is 32.6 Å².